The Morgan fingerprint density at radius 3 is 2.72 bits per heavy atom. The Hall–Kier alpha value is -1.06. The summed E-state index contributed by atoms with van der Waals surface area (Å²) in [6, 6.07) is 5.91. The molecule has 1 aromatic carbocycles. The third-order valence-corrected chi connectivity index (χ3v) is 3.26. The summed E-state index contributed by atoms with van der Waals surface area (Å²) < 4.78 is 0. The molecule has 0 fully saturated rings. The van der Waals surface area contributed by atoms with Crippen LogP contribution in [0.1, 0.15) is 18.1 Å². The van der Waals surface area contributed by atoms with Gasteiger partial charge in [-0.1, -0.05) is 24.6 Å². The van der Waals surface area contributed by atoms with Gasteiger partial charge in [-0.3, -0.25) is 4.79 Å². The van der Waals surface area contributed by atoms with Gasteiger partial charge in [0.05, 0.1) is 0 Å². The molecule has 1 atom stereocenters. The van der Waals surface area contributed by atoms with Crippen molar-refractivity contribution >= 4 is 17.5 Å². The third-order valence-electron chi connectivity index (χ3n) is 3.02. The molecule has 0 aromatic heterocycles. The lowest BCUT2D eigenvalue weighted by Crippen LogP contribution is -2.34. The fraction of sp³-hybridized carbons (Fsp3) is 0.500. The normalized spacial score (nSPS) is 12.6. The molecule has 18 heavy (non-hydrogen) atoms. The second-order valence-electron chi connectivity index (χ2n) is 4.78. The van der Waals surface area contributed by atoms with Crippen LogP contribution in [0, 0.1) is 12.8 Å². The van der Waals surface area contributed by atoms with Crippen molar-refractivity contribution in [3.05, 3.63) is 34.3 Å². The van der Waals surface area contributed by atoms with Gasteiger partial charge in [0.2, 0.25) is 5.91 Å². The van der Waals surface area contributed by atoms with E-state index in [1.807, 2.05) is 32.2 Å². The SMILES string of the molecule is CNC(=O)[C@@H](C)CN(C)Cc1ccc(Cl)cc1C. The second-order valence-corrected chi connectivity index (χ2v) is 5.22. The topological polar surface area (TPSA) is 32.3 Å². The molecule has 0 heterocycles. The molecule has 0 aliphatic heterocycles. The van der Waals surface area contributed by atoms with Gasteiger partial charge in [0.25, 0.3) is 0 Å². The molecule has 0 spiro atoms. The first kappa shape index (κ1) is 15.0. The average Bonchev–Trinajstić information content (AvgIpc) is 2.31. The fourth-order valence-corrected chi connectivity index (χ4v) is 2.22. The zero-order chi connectivity index (χ0) is 13.7. The van der Waals surface area contributed by atoms with E-state index < -0.39 is 0 Å². The van der Waals surface area contributed by atoms with Crippen molar-refractivity contribution in [2.45, 2.75) is 20.4 Å². The number of carbonyl (C=O) groups excluding carboxylic acids is 1. The number of amides is 1. The highest BCUT2D eigenvalue weighted by molar-refractivity contribution is 6.30. The maximum absolute atomic E-state index is 11.5. The quantitative estimate of drug-likeness (QED) is 0.890. The minimum absolute atomic E-state index is 0.00685. The molecule has 100 valence electrons. The lowest BCUT2D eigenvalue weighted by atomic mass is 10.1. The van der Waals surface area contributed by atoms with E-state index >= 15 is 0 Å². The highest BCUT2D eigenvalue weighted by Crippen LogP contribution is 2.16. The monoisotopic (exact) mass is 268 g/mol. The summed E-state index contributed by atoms with van der Waals surface area (Å²) in [5.41, 5.74) is 2.42. The van der Waals surface area contributed by atoms with Crippen LogP contribution >= 0.6 is 11.6 Å². The van der Waals surface area contributed by atoms with Crippen molar-refractivity contribution in [2.75, 3.05) is 20.6 Å². The molecule has 4 heteroatoms. The van der Waals surface area contributed by atoms with E-state index in [9.17, 15) is 4.79 Å². The van der Waals surface area contributed by atoms with Gasteiger partial charge in [-0.15, -0.1) is 0 Å². The van der Waals surface area contributed by atoms with Crippen LogP contribution in [0.25, 0.3) is 0 Å². The Labute approximate surface area is 114 Å². The second kappa shape index (κ2) is 6.76. The van der Waals surface area contributed by atoms with E-state index in [-0.39, 0.29) is 11.8 Å². The molecule has 0 bridgehead atoms. The number of hydrogen-bond acceptors (Lipinski definition) is 2. The summed E-state index contributed by atoms with van der Waals surface area (Å²) in [4.78, 5) is 13.6. The van der Waals surface area contributed by atoms with Crippen molar-refractivity contribution < 1.29 is 4.79 Å². The number of nitrogens with zero attached hydrogens (tertiary/aromatic N) is 1. The number of benzene rings is 1. The van der Waals surface area contributed by atoms with Crippen LogP contribution in [0.2, 0.25) is 5.02 Å². The Kier molecular flexibility index (Phi) is 5.63. The first-order chi connectivity index (χ1) is 8.43. The predicted octanol–water partition coefficient (Wildman–Crippen LogP) is 2.46. The summed E-state index contributed by atoms with van der Waals surface area (Å²) >= 11 is 5.93. The van der Waals surface area contributed by atoms with Gasteiger partial charge in [-0.05, 0) is 37.2 Å². The average molecular weight is 269 g/mol. The summed E-state index contributed by atoms with van der Waals surface area (Å²) in [6.45, 7) is 5.55. The first-order valence-electron chi connectivity index (χ1n) is 6.09. The van der Waals surface area contributed by atoms with E-state index in [4.69, 9.17) is 11.6 Å². The van der Waals surface area contributed by atoms with Crippen LogP contribution in [-0.4, -0.2) is 31.4 Å². The minimum atomic E-state index is -0.00685. The van der Waals surface area contributed by atoms with E-state index in [0.29, 0.717) is 0 Å². The molecule has 0 aliphatic carbocycles. The van der Waals surface area contributed by atoms with Crippen molar-refractivity contribution in [1.29, 1.82) is 0 Å². The van der Waals surface area contributed by atoms with Crippen molar-refractivity contribution in [2.24, 2.45) is 5.92 Å². The molecule has 1 amide bonds. The van der Waals surface area contributed by atoms with E-state index in [1.54, 1.807) is 7.05 Å². The number of halogens is 1. The summed E-state index contributed by atoms with van der Waals surface area (Å²) in [6.07, 6.45) is 0. The zero-order valence-corrected chi connectivity index (χ0v) is 12.2. The number of rotatable bonds is 5. The number of nitrogens with one attached hydrogen (secondary N) is 1. The van der Waals surface area contributed by atoms with Crippen LogP contribution in [0.15, 0.2) is 18.2 Å². The predicted molar refractivity (Wildman–Crippen MR) is 75.8 cm³/mol. The molecule has 0 unspecified atom stereocenters. The fourth-order valence-electron chi connectivity index (χ4n) is 1.99. The number of hydrogen-bond donors (Lipinski definition) is 1. The molecule has 1 aromatic rings. The van der Waals surface area contributed by atoms with Gasteiger partial charge >= 0.3 is 0 Å². The lowest BCUT2D eigenvalue weighted by Gasteiger charge is -2.21. The van der Waals surface area contributed by atoms with Crippen LogP contribution in [0.5, 0.6) is 0 Å². The van der Waals surface area contributed by atoms with E-state index in [1.165, 1.54) is 11.1 Å². The Balaban J connectivity index is 2.59. The molecule has 0 radical (unpaired) electrons. The molecule has 0 aliphatic rings. The molecule has 0 saturated heterocycles. The third kappa shape index (κ3) is 4.31. The Bertz CT molecular complexity index is 420. The van der Waals surface area contributed by atoms with Crippen molar-refractivity contribution in [1.82, 2.24) is 10.2 Å². The minimum Gasteiger partial charge on any atom is -0.359 e. The molecule has 1 N–H and O–H groups in total. The summed E-state index contributed by atoms with van der Waals surface area (Å²) in [5.74, 6) is 0.0716. The standard InChI is InChI=1S/C14H21ClN2O/c1-10-7-13(15)6-5-12(10)9-17(4)8-11(2)14(18)16-3/h5-7,11H,8-9H2,1-4H3,(H,16,18)/t11-/m0/s1. The largest absolute Gasteiger partial charge is 0.359 e. The highest BCUT2D eigenvalue weighted by atomic mass is 35.5. The number of aryl methyl sites for hydroxylation is 1. The lowest BCUT2D eigenvalue weighted by molar-refractivity contribution is -0.124. The summed E-state index contributed by atoms with van der Waals surface area (Å²) in [5, 5.41) is 3.43. The van der Waals surface area contributed by atoms with Crippen LogP contribution in [0.4, 0.5) is 0 Å². The van der Waals surface area contributed by atoms with Gasteiger partial charge in [-0.25, -0.2) is 0 Å². The van der Waals surface area contributed by atoms with Crippen LogP contribution in [-0.2, 0) is 11.3 Å². The Morgan fingerprint density at radius 2 is 2.17 bits per heavy atom. The summed E-state index contributed by atoms with van der Waals surface area (Å²) in [7, 11) is 3.69. The maximum atomic E-state index is 11.5. The van der Waals surface area contributed by atoms with Crippen LogP contribution < -0.4 is 5.32 Å². The van der Waals surface area contributed by atoms with Gasteiger partial charge in [0.15, 0.2) is 0 Å². The Morgan fingerprint density at radius 1 is 1.50 bits per heavy atom. The zero-order valence-electron chi connectivity index (χ0n) is 11.5. The van der Waals surface area contributed by atoms with Gasteiger partial charge in [-0.2, -0.15) is 0 Å². The van der Waals surface area contributed by atoms with Gasteiger partial charge in [0, 0.05) is 31.1 Å². The van der Waals surface area contributed by atoms with Crippen LogP contribution in [0.3, 0.4) is 0 Å². The van der Waals surface area contributed by atoms with Crippen molar-refractivity contribution in [3.8, 4) is 0 Å². The molecule has 0 saturated carbocycles. The van der Waals surface area contributed by atoms with Gasteiger partial charge in [0.1, 0.15) is 0 Å². The molecular weight excluding hydrogens is 248 g/mol. The molecule has 1 rings (SSSR count). The van der Waals surface area contributed by atoms with Gasteiger partial charge < -0.3 is 10.2 Å². The first-order valence-corrected chi connectivity index (χ1v) is 6.47. The maximum Gasteiger partial charge on any atom is 0.223 e. The highest BCUT2D eigenvalue weighted by Gasteiger charge is 2.14. The smallest absolute Gasteiger partial charge is 0.223 e. The van der Waals surface area contributed by atoms with E-state index in [0.717, 1.165) is 18.1 Å². The molecular formula is C14H21ClN2O. The molecule has 3 nitrogen and oxygen atoms in total. The van der Waals surface area contributed by atoms with E-state index in [2.05, 4.69) is 17.1 Å². The number of carbonyl (C=O) groups is 1. The van der Waals surface area contributed by atoms with Crippen molar-refractivity contribution in [3.63, 3.8) is 0 Å².